The van der Waals surface area contributed by atoms with Crippen molar-refractivity contribution in [2.24, 2.45) is 0 Å². The van der Waals surface area contributed by atoms with Gasteiger partial charge in [-0.25, -0.2) is 0 Å². The molecule has 2 heterocycles. The van der Waals surface area contributed by atoms with Crippen LogP contribution in [0.4, 0.5) is 0 Å². The molecular formula is C21H24N4O. The molecule has 0 saturated heterocycles. The molecule has 0 aliphatic carbocycles. The Morgan fingerprint density at radius 1 is 1.12 bits per heavy atom. The maximum Gasteiger partial charge on any atom is 0.116 e. The topological polar surface area (TPSA) is 53.3 Å². The zero-order valence-electron chi connectivity index (χ0n) is 15.5. The van der Waals surface area contributed by atoms with Gasteiger partial charge in [-0.1, -0.05) is 0 Å². The van der Waals surface area contributed by atoms with E-state index in [0.717, 1.165) is 46.7 Å². The lowest BCUT2D eigenvalue weighted by atomic mass is 10.0. The fraction of sp³-hybridized carbons (Fsp3) is 0.286. The number of hydrogen-bond donors (Lipinski definition) is 2. The summed E-state index contributed by atoms with van der Waals surface area (Å²) in [7, 11) is 4.18. The lowest BCUT2D eigenvalue weighted by Gasteiger charge is -2.15. The molecule has 134 valence electrons. The van der Waals surface area contributed by atoms with E-state index in [2.05, 4.69) is 53.1 Å². The van der Waals surface area contributed by atoms with E-state index in [0.29, 0.717) is 0 Å². The third-order valence-corrected chi connectivity index (χ3v) is 4.95. The third kappa shape index (κ3) is 2.74. The molecule has 0 atom stereocenters. The molecule has 5 heteroatoms. The fourth-order valence-electron chi connectivity index (χ4n) is 3.72. The summed E-state index contributed by atoms with van der Waals surface area (Å²) < 4.78 is 2.18. The Bertz CT molecular complexity index is 1100. The second-order valence-corrected chi connectivity index (χ2v) is 7.10. The summed E-state index contributed by atoms with van der Waals surface area (Å²) in [5.74, 6) is 0.285. The molecule has 4 aromatic rings. The van der Waals surface area contributed by atoms with Gasteiger partial charge in [-0.05, 0) is 75.3 Å². The molecule has 0 amide bonds. The molecule has 0 saturated carbocycles. The number of fused-ring (bicyclic) bond motifs is 4. The van der Waals surface area contributed by atoms with Gasteiger partial charge in [0.15, 0.2) is 0 Å². The van der Waals surface area contributed by atoms with Crippen molar-refractivity contribution in [3.05, 3.63) is 48.3 Å². The summed E-state index contributed by atoms with van der Waals surface area (Å²) in [6.07, 6.45) is 4.80. The molecule has 4 rings (SSSR count). The van der Waals surface area contributed by atoms with Crippen molar-refractivity contribution in [1.82, 2.24) is 14.6 Å². The summed E-state index contributed by atoms with van der Waals surface area (Å²) in [5, 5.41) is 14.5. The number of aromatic nitrogens is 2. The second kappa shape index (κ2) is 6.50. The Kier molecular flexibility index (Phi) is 4.17. The Morgan fingerprint density at radius 2 is 1.96 bits per heavy atom. The van der Waals surface area contributed by atoms with Crippen LogP contribution >= 0.6 is 0 Å². The maximum absolute atomic E-state index is 10.0. The lowest BCUT2D eigenvalue weighted by Crippen LogP contribution is -2.21. The van der Waals surface area contributed by atoms with Crippen molar-refractivity contribution in [2.45, 2.75) is 13.3 Å². The van der Waals surface area contributed by atoms with Crippen LogP contribution in [0.2, 0.25) is 0 Å². The number of benzene rings is 2. The molecule has 2 N–H and O–H groups in total. The van der Waals surface area contributed by atoms with Crippen molar-refractivity contribution in [1.29, 1.82) is 0 Å². The van der Waals surface area contributed by atoms with Gasteiger partial charge in [-0.3, -0.25) is 9.66 Å². The maximum atomic E-state index is 10.0. The largest absolute Gasteiger partial charge is 0.508 e. The van der Waals surface area contributed by atoms with E-state index < -0.39 is 0 Å². The summed E-state index contributed by atoms with van der Waals surface area (Å²) >= 11 is 0. The zero-order valence-corrected chi connectivity index (χ0v) is 15.5. The highest BCUT2D eigenvalue weighted by Gasteiger charge is 2.15. The average molecular weight is 348 g/mol. The Balaban J connectivity index is 1.93. The Hall–Kier alpha value is -2.79. The lowest BCUT2D eigenvalue weighted by molar-refractivity contribution is 0.403. The van der Waals surface area contributed by atoms with Gasteiger partial charge in [0.1, 0.15) is 5.75 Å². The smallest absolute Gasteiger partial charge is 0.116 e. The number of nitrogens with one attached hydrogen (secondary N) is 1. The number of pyridine rings is 1. The van der Waals surface area contributed by atoms with Crippen molar-refractivity contribution in [3.8, 4) is 5.75 Å². The van der Waals surface area contributed by atoms with Crippen molar-refractivity contribution in [2.75, 3.05) is 32.6 Å². The summed E-state index contributed by atoms with van der Waals surface area (Å²) in [4.78, 5) is 6.46. The van der Waals surface area contributed by atoms with Crippen LogP contribution in [0.1, 0.15) is 12.0 Å². The minimum Gasteiger partial charge on any atom is -0.508 e. The predicted octanol–water partition coefficient (Wildman–Crippen LogP) is 3.85. The molecule has 0 bridgehead atoms. The fourth-order valence-corrected chi connectivity index (χ4v) is 3.72. The molecule has 26 heavy (non-hydrogen) atoms. The van der Waals surface area contributed by atoms with Crippen LogP contribution in [-0.4, -0.2) is 46.9 Å². The molecule has 5 nitrogen and oxygen atoms in total. The number of phenolic OH excluding ortho intramolecular Hbond substituents is 1. The summed E-state index contributed by atoms with van der Waals surface area (Å²) in [5.41, 5.74) is 7.04. The minimum absolute atomic E-state index is 0.285. The Morgan fingerprint density at radius 3 is 2.77 bits per heavy atom. The van der Waals surface area contributed by atoms with E-state index in [4.69, 9.17) is 0 Å². The zero-order chi connectivity index (χ0) is 18.3. The number of hydrogen-bond acceptors (Lipinski definition) is 4. The van der Waals surface area contributed by atoms with Crippen molar-refractivity contribution in [3.63, 3.8) is 0 Å². The molecule has 0 spiro atoms. The van der Waals surface area contributed by atoms with Gasteiger partial charge in [0.2, 0.25) is 0 Å². The number of aryl methyl sites for hydroxylation is 1. The van der Waals surface area contributed by atoms with E-state index in [1.807, 2.05) is 24.5 Å². The first-order valence-corrected chi connectivity index (χ1v) is 8.95. The van der Waals surface area contributed by atoms with Crippen LogP contribution in [0.25, 0.3) is 32.6 Å². The second-order valence-electron chi connectivity index (χ2n) is 7.10. The highest BCUT2D eigenvalue weighted by molar-refractivity contribution is 6.14. The first-order valence-electron chi connectivity index (χ1n) is 8.95. The molecule has 0 aliphatic rings. The minimum atomic E-state index is 0.285. The number of aromatic hydroxyl groups is 1. The van der Waals surface area contributed by atoms with E-state index in [-0.39, 0.29) is 5.75 Å². The van der Waals surface area contributed by atoms with Crippen LogP contribution in [-0.2, 0) is 0 Å². The first kappa shape index (κ1) is 16.7. The van der Waals surface area contributed by atoms with E-state index in [9.17, 15) is 5.11 Å². The van der Waals surface area contributed by atoms with Crippen LogP contribution in [0.15, 0.2) is 42.7 Å². The van der Waals surface area contributed by atoms with Gasteiger partial charge in [0.25, 0.3) is 0 Å². The molecule has 0 unspecified atom stereocenters. The number of rotatable bonds is 5. The number of nitrogens with zero attached hydrogens (tertiary/aromatic N) is 3. The van der Waals surface area contributed by atoms with E-state index >= 15 is 0 Å². The molecule has 2 aromatic carbocycles. The standard InChI is InChI=1S/C21H24N4O/c1-14-17-7-9-22-13-15(17)11-19-18-12-16(26)5-6-20(18)25(21(14)19)23-8-4-10-24(2)3/h5-7,9,11-13,23,26H,4,8,10H2,1-3H3. The normalized spacial score (nSPS) is 11.8. The van der Waals surface area contributed by atoms with Gasteiger partial charge in [0.05, 0.1) is 11.0 Å². The molecule has 0 radical (unpaired) electrons. The van der Waals surface area contributed by atoms with Gasteiger partial charge in [-0.2, -0.15) is 0 Å². The molecule has 0 fully saturated rings. The molecule has 0 aliphatic heterocycles. The monoisotopic (exact) mass is 348 g/mol. The van der Waals surface area contributed by atoms with Crippen LogP contribution in [0.5, 0.6) is 5.75 Å². The predicted molar refractivity (Wildman–Crippen MR) is 109 cm³/mol. The summed E-state index contributed by atoms with van der Waals surface area (Å²) in [6.45, 7) is 4.08. The quantitative estimate of drug-likeness (QED) is 0.538. The Labute approximate surface area is 152 Å². The third-order valence-electron chi connectivity index (χ3n) is 4.95. The summed E-state index contributed by atoms with van der Waals surface area (Å²) in [6, 6.07) is 9.80. The first-order chi connectivity index (χ1) is 12.6. The van der Waals surface area contributed by atoms with Crippen LogP contribution < -0.4 is 5.43 Å². The van der Waals surface area contributed by atoms with Crippen LogP contribution in [0.3, 0.4) is 0 Å². The van der Waals surface area contributed by atoms with Crippen molar-refractivity contribution < 1.29 is 5.11 Å². The highest BCUT2D eigenvalue weighted by atomic mass is 16.3. The van der Waals surface area contributed by atoms with Crippen LogP contribution in [0, 0.1) is 6.92 Å². The van der Waals surface area contributed by atoms with Crippen molar-refractivity contribution >= 4 is 32.6 Å². The van der Waals surface area contributed by atoms with E-state index in [1.165, 1.54) is 10.9 Å². The molecular weight excluding hydrogens is 324 g/mol. The highest BCUT2D eigenvalue weighted by Crippen LogP contribution is 2.36. The molecule has 2 aromatic heterocycles. The van der Waals surface area contributed by atoms with Gasteiger partial charge in [-0.15, -0.1) is 0 Å². The number of phenols is 1. The average Bonchev–Trinajstić information content (AvgIpc) is 2.92. The SMILES string of the molecule is Cc1c2ccncc2cc2c3cc(O)ccc3n(NCCCN(C)C)c12. The van der Waals surface area contributed by atoms with Gasteiger partial charge in [0, 0.05) is 35.1 Å². The van der Waals surface area contributed by atoms with E-state index in [1.54, 1.807) is 6.07 Å². The van der Waals surface area contributed by atoms with Gasteiger partial charge < -0.3 is 15.4 Å². The van der Waals surface area contributed by atoms with Gasteiger partial charge >= 0.3 is 0 Å².